The lowest BCUT2D eigenvalue weighted by Gasteiger charge is -2.40. The number of esters is 1. The summed E-state index contributed by atoms with van der Waals surface area (Å²) in [5, 5.41) is 6.00. The number of hydrogen-bond donors (Lipinski definition) is 2. The Hall–Kier alpha value is -4.84. The van der Waals surface area contributed by atoms with Crippen LogP contribution in [-0.4, -0.2) is 89.4 Å². The van der Waals surface area contributed by atoms with Crippen LogP contribution >= 0.6 is 11.8 Å². The van der Waals surface area contributed by atoms with Crippen LogP contribution in [0.4, 0.5) is 0 Å². The Bertz CT molecular complexity index is 1830. The number of nitrogens with zero attached hydrogens (tertiary/aromatic N) is 2. The van der Waals surface area contributed by atoms with Crippen molar-refractivity contribution in [1.82, 2.24) is 20.4 Å². The predicted octanol–water partition coefficient (Wildman–Crippen LogP) is 5.69. The zero-order valence-corrected chi connectivity index (χ0v) is 33.9. The standard InChI is InChI=1S/C45H56N4O7S/c1-55-36-18-11-17-33(29-36)30-48(38-19-9-10-25-46-42(38)51)43(52)35(28-32-15-7-4-8-16-32)23-22-34(27-31-13-5-3-6-14-31)41(50)47-37-24-26-57-40-21-12-20-39(45(54)56-2)49(40)44(37)53/h3-8,11,13-18,29,34-35,37-40H,9-10,12,19-28,30H2,1-2H3,(H,46,51)(H,47,50)/t34-,35-,37?,38+,39?,40?/m1/s1. The summed E-state index contributed by atoms with van der Waals surface area (Å²) in [5.41, 5.74) is 2.82. The molecule has 304 valence electrons. The van der Waals surface area contributed by atoms with Crippen molar-refractivity contribution in [3.63, 3.8) is 0 Å². The Morgan fingerprint density at radius 2 is 1.51 bits per heavy atom. The Kier molecular flexibility index (Phi) is 15.1. The van der Waals surface area contributed by atoms with E-state index in [1.807, 2.05) is 84.9 Å². The van der Waals surface area contributed by atoms with Crippen molar-refractivity contribution >= 4 is 41.4 Å². The molecule has 0 bridgehead atoms. The van der Waals surface area contributed by atoms with E-state index in [4.69, 9.17) is 9.47 Å². The van der Waals surface area contributed by atoms with Gasteiger partial charge in [-0.05, 0) is 105 Å². The van der Waals surface area contributed by atoms with Gasteiger partial charge in [-0.25, -0.2) is 4.79 Å². The first kappa shape index (κ1) is 41.8. The van der Waals surface area contributed by atoms with Gasteiger partial charge in [0, 0.05) is 24.9 Å². The van der Waals surface area contributed by atoms with Crippen LogP contribution < -0.4 is 15.4 Å². The van der Waals surface area contributed by atoms with E-state index in [1.165, 1.54) is 7.11 Å². The highest BCUT2D eigenvalue weighted by Crippen LogP contribution is 2.35. The summed E-state index contributed by atoms with van der Waals surface area (Å²) in [4.78, 5) is 73.5. The average Bonchev–Trinajstić information content (AvgIpc) is 3.55. The number of nitrogens with one attached hydrogen (secondary N) is 2. The second-order valence-corrected chi connectivity index (χ2v) is 16.6. The van der Waals surface area contributed by atoms with E-state index < -0.39 is 35.9 Å². The SMILES string of the molecule is COC(=O)C1CCCC2SCCC(NC(=O)[C@H](CC[C@H](Cc3ccccc3)C(=O)N(Cc3cccc(OC)c3)[C@H]3CCCCNC3=O)Cc3ccccc3)C(=O)N21. The van der Waals surface area contributed by atoms with Gasteiger partial charge in [0.2, 0.25) is 23.6 Å². The monoisotopic (exact) mass is 796 g/mol. The molecule has 0 saturated carbocycles. The second kappa shape index (κ2) is 20.5. The number of amides is 4. The Balaban J connectivity index is 1.27. The van der Waals surface area contributed by atoms with Crippen LogP contribution in [-0.2, 0) is 48.1 Å². The summed E-state index contributed by atoms with van der Waals surface area (Å²) in [6.07, 6.45) is 6.42. The van der Waals surface area contributed by atoms with Crippen LogP contribution in [0.25, 0.3) is 0 Å². The molecule has 6 rings (SSSR count). The number of carbonyl (C=O) groups excluding carboxylic acids is 5. The molecule has 2 N–H and O–H groups in total. The van der Waals surface area contributed by atoms with Crippen molar-refractivity contribution in [2.75, 3.05) is 26.5 Å². The van der Waals surface area contributed by atoms with Gasteiger partial charge in [-0.3, -0.25) is 19.2 Å². The molecular formula is C45H56N4O7S. The summed E-state index contributed by atoms with van der Waals surface area (Å²) in [5.74, 6) is -0.978. The molecule has 57 heavy (non-hydrogen) atoms. The molecule has 3 aliphatic rings. The lowest BCUT2D eigenvalue weighted by atomic mass is 9.86. The molecule has 3 fully saturated rings. The normalized spacial score (nSPS) is 22.1. The van der Waals surface area contributed by atoms with E-state index in [1.54, 1.807) is 28.7 Å². The van der Waals surface area contributed by atoms with Gasteiger partial charge < -0.3 is 29.9 Å². The largest absolute Gasteiger partial charge is 0.497 e. The average molecular weight is 797 g/mol. The molecule has 12 heteroatoms. The molecular weight excluding hydrogens is 741 g/mol. The molecule has 0 aliphatic carbocycles. The van der Waals surface area contributed by atoms with Crippen molar-refractivity contribution in [2.24, 2.45) is 11.8 Å². The number of piperidine rings is 1. The number of thioether (sulfide) groups is 1. The van der Waals surface area contributed by atoms with Crippen molar-refractivity contribution in [1.29, 1.82) is 0 Å². The van der Waals surface area contributed by atoms with Crippen molar-refractivity contribution in [3.8, 4) is 5.75 Å². The maximum atomic E-state index is 15.1. The molecule has 0 spiro atoms. The third-order valence-corrected chi connectivity index (χ3v) is 12.8. The van der Waals surface area contributed by atoms with Gasteiger partial charge in [0.05, 0.1) is 19.6 Å². The Labute approximate surface area is 340 Å². The third kappa shape index (κ3) is 11.0. The van der Waals surface area contributed by atoms with Gasteiger partial charge in [-0.15, -0.1) is 11.8 Å². The molecule has 3 saturated heterocycles. The van der Waals surface area contributed by atoms with Crippen molar-refractivity contribution < 1.29 is 33.4 Å². The first-order chi connectivity index (χ1) is 27.7. The first-order valence-electron chi connectivity index (χ1n) is 20.4. The number of benzene rings is 3. The fraction of sp³-hybridized carbons (Fsp3) is 0.489. The molecule has 3 unspecified atom stereocenters. The number of hydrogen-bond acceptors (Lipinski definition) is 8. The second-order valence-electron chi connectivity index (χ2n) is 15.4. The maximum Gasteiger partial charge on any atom is 0.328 e. The van der Waals surface area contributed by atoms with Gasteiger partial charge in [0.25, 0.3) is 0 Å². The van der Waals surface area contributed by atoms with Gasteiger partial charge >= 0.3 is 5.97 Å². The fourth-order valence-electron chi connectivity index (χ4n) is 8.44. The fourth-order valence-corrected chi connectivity index (χ4v) is 9.83. The molecule has 3 aliphatic heterocycles. The van der Waals surface area contributed by atoms with E-state index >= 15 is 4.79 Å². The minimum absolute atomic E-state index is 0.136. The molecule has 0 radical (unpaired) electrons. The number of fused-ring (bicyclic) bond motifs is 1. The maximum absolute atomic E-state index is 15.1. The van der Waals surface area contributed by atoms with Gasteiger partial charge in [-0.1, -0.05) is 72.8 Å². The Morgan fingerprint density at radius 1 is 0.825 bits per heavy atom. The van der Waals surface area contributed by atoms with E-state index in [-0.39, 0.29) is 35.5 Å². The highest BCUT2D eigenvalue weighted by molar-refractivity contribution is 7.99. The van der Waals surface area contributed by atoms with Gasteiger partial charge in [0.15, 0.2) is 0 Å². The van der Waals surface area contributed by atoms with Gasteiger partial charge in [-0.2, -0.15) is 0 Å². The minimum Gasteiger partial charge on any atom is -0.497 e. The molecule has 4 amide bonds. The van der Waals surface area contributed by atoms with Crippen LogP contribution in [0.3, 0.4) is 0 Å². The van der Waals surface area contributed by atoms with Crippen LogP contribution in [0.2, 0.25) is 0 Å². The topological polar surface area (TPSA) is 134 Å². The van der Waals surface area contributed by atoms with Crippen LogP contribution in [0.5, 0.6) is 5.75 Å². The summed E-state index contributed by atoms with van der Waals surface area (Å²) in [6.45, 7) is 0.809. The Morgan fingerprint density at radius 3 is 2.21 bits per heavy atom. The molecule has 6 atom stereocenters. The minimum atomic E-state index is -0.785. The lowest BCUT2D eigenvalue weighted by Crippen LogP contribution is -2.57. The first-order valence-corrected chi connectivity index (χ1v) is 21.4. The predicted molar refractivity (Wildman–Crippen MR) is 220 cm³/mol. The molecule has 3 aromatic rings. The molecule has 3 heterocycles. The zero-order valence-electron chi connectivity index (χ0n) is 33.1. The van der Waals surface area contributed by atoms with Gasteiger partial charge in [0.1, 0.15) is 23.9 Å². The summed E-state index contributed by atoms with van der Waals surface area (Å²) in [6, 6.07) is 25.1. The summed E-state index contributed by atoms with van der Waals surface area (Å²) < 4.78 is 10.6. The van der Waals surface area contributed by atoms with Crippen molar-refractivity contribution in [3.05, 3.63) is 102 Å². The smallest absolute Gasteiger partial charge is 0.328 e. The highest BCUT2D eigenvalue weighted by Gasteiger charge is 2.44. The van der Waals surface area contributed by atoms with E-state index in [9.17, 15) is 19.2 Å². The van der Waals surface area contributed by atoms with E-state index in [0.29, 0.717) is 63.0 Å². The van der Waals surface area contributed by atoms with Crippen LogP contribution in [0, 0.1) is 11.8 Å². The summed E-state index contributed by atoms with van der Waals surface area (Å²) in [7, 11) is 2.95. The number of ether oxygens (including phenoxy) is 2. The molecule has 11 nitrogen and oxygen atoms in total. The van der Waals surface area contributed by atoms with Crippen molar-refractivity contribution in [2.45, 2.75) is 101 Å². The molecule has 3 aromatic carbocycles. The lowest BCUT2D eigenvalue weighted by molar-refractivity contribution is -0.156. The zero-order chi connectivity index (χ0) is 40.1. The van der Waals surface area contributed by atoms with E-state index in [2.05, 4.69) is 10.6 Å². The third-order valence-electron chi connectivity index (χ3n) is 11.5. The number of methoxy groups -OCH3 is 2. The molecule has 0 aromatic heterocycles. The quantitative estimate of drug-likeness (QED) is 0.188. The number of carbonyl (C=O) groups is 5. The highest BCUT2D eigenvalue weighted by atomic mass is 32.2. The summed E-state index contributed by atoms with van der Waals surface area (Å²) >= 11 is 1.65. The van der Waals surface area contributed by atoms with Crippen LogP contribution in [0.15, 0.2) is 84.9 Å². The van der Waals surface area contributed by atoms with Crippen LogP contribution in [0.1, 0.15) is 74.5 Å². The van der Waals surface area contributed by atoms with E-state index in [0.717, 1.165) is 42.4 Å². The number of rotatable bonds is 15.